The van der Waals surface area contributed by atoms with Crippen LogP contribution in [0.25, 0.3) is 22.0 Å². The average molecular weight is 530 g/mol. The molecule has 6 rings (SSSR count). The molecule has 4 aromatic rings. The van der Waals surface area contributed by atoms with E-state index in [0.29, 0.717) is 41.4 Å². The van der Waals surface area contributed by atoms with Crippen molar-refractivity contribution in [2.24, 2.45) is 0 Å². The van der Waals surface area contributed by atoms with Crippen LogP contribution in [0.3, 0.4) is 0 Å². The Kier molecular flexibility index (Phi) is 6.72. The minimum atomic E-state index is -0.0581. The van der Waals surface area contributed by atoms with Crippen LogP contribution in [0.2, 0.25) is 5.02 Å². The quantitative estimate of drug-likeness (QED) is 0.348. The maximum absolute atomic E-state index is 12.5. The van der Waals surface area contributed by atoms with E-state index in [1.54, 1.807) is 30.5 Å². The topological polar surface area (TPSA) is 98.3 Å². The molecule has 0 unspecified atom stereocenters. The van der Waals surface area contributed by atoms with Gasteiger partial charge in [-0.1, -0.05) is 17.7 Å². The molecule has 0 radical (unpaired) electrons. The first-order valence-electron chi connectivity index (χ1n) is 12.9. The van der Waals surface area contributed by atoms with Crippen molar-refractivity contribution >= 4 is 34.4 Å². The van der Waals surface area contributed by atoms with Crippen LogP contribution in [0.1, 0.15) is 41.7 Å². The number of pyridine rings is 1. The number of fused-ring (bicyclic) bond motifs is 2. The maximum Gasteiger partial charge on any atom is 0.257 e. The molecule has 8 nitrogen and oxygen atoms in total. The van der Waals surface area contributed by atoms with Gasteiger partial charge in [0.05, 0.1) is 11.2 Å². The second-order valence-electron chi connectivity index (χ2n) is 9.73. The molecule has 2 aromatic carbocycles. The molecule has 38 heavy (non-hydrogen) atoms. The molecule has 0 atom stereocenters. The molecule has 2 aromatic heterocycles. The number of hydrogen-bond donors (Lipinski definition) is 2. The van der Waals surface area contributed by atoms with Crippen molar-refractivity contribution in [1.82, 2.24) is 20.3 Å². The van der Waals surface area contributed by atoms with E-state index in [0.717, 1.165) is 53.4 Å². The summed E-state index contributed by atoms with van der Waals surface area (Å²) in [6, 6.07) is 15.5. The number of anilines is 1. The van der Waals surface area contributed by atoms with Crippen molar-refractivity contribution in [2.75, 3.05) is 18.5 Å². The predicted octanol–water partition coefficient (Wildman–Crippen LogP) is 5.58. The lowest BCUT2D eigenvalue weighted by Crippen LogP contribution is -2.40. The molecule has 2 aliphatic rings. The summed E-state index contributed by atoms with van der Waals surface area (Å²) in [5.74, 6) is 1.78. The van der Waals surface area contributed by atoms with Gasteiger partial charge in [0.1, 0.15) is 13.2 Å². The lowest BCUT2D eigenvalue weighted by atomic mass is 9.91. The molecule has 9 heteroatoms. The van der Waals surface area contributed by atoms with Gasteiger partial charge in [-0.25, -0.2) is 15.0 Å². The Morgan fingerprint density at radius 1 is 0.947 bits per heavy atom. The minimum absolute atomic E-state index is 0.0581. The van der Waals surface area contributed by atoms with Gasteiger partial charge in [-0.05, 0) is 80.6 Å². The zero-order chi connectivity index (χ0) is 26.1. The number of halogens is 1. The van der Waals surface area contributed by atoms with Crippen LogP contribution in [-0.2, 0) is 0 Å². The van der Waals surface area contributed by atoms with Crippen molar-refractivity contribution in [3.05, 3.63) is 71.0 Å². The normalized spacial score (nSPS) is 18.7. The van der Waals surface area contributed by atoms with Crippen LogP contribution in [0.5, 0.6) is 11.6 Å². The molecule has 0 bridgehead atoms. The van der Waals surface area contributed by atoms with Crippen LogP contribution < -0.4 is 20.1 Å². The van der Waals surface area contributed by atoms with Crippen LogP contribution in [-0.4, -0.2) is 46.2 Å². The van der Waals surface area contributed by atoms with Crippen molar-refractivity contribution in [1.29, 1.82) is 0 Å². The van der Waals surface area contributed by atoms with Gasteiger partial charge in [0.2, 0.25) is 5.95 Å². The zero-order valence-corrected chi connectivity index (χ0v) is 21.8. The van der Waals surface area contributed by atoms with E-state index in [1.807, 2.05) is 25.1 Å². The monoisotopic (exact) mass is 529 g/mol. The number of aromatic nitrogens is 3. The first-order chi connectivity index (χ1) is 18.5. The van der Waals surface area contributed by atoms with E-state index in [4.69, 9.17) is 31.0 Å². The second-order valence-corrected chi connectivity index (χ2v) is 10.2. The standard InChI is InChI=1S/C29H28ClN5O3/c1-17-24-16-19(23-12-13-31-28-26(23)37-14-15-38-28)4-11-25(24)35-29(32-17)34-22-9-7-21(8-10-22)33-27(36)18-2-5-20(30)6-3-18/h2-6,11-13,16,21-22H,7-10,14-15H2,1H3,(H,33,36)(H,32,34,35). The number of aryl methyl sites for hydroxylation is 1. The van der Waals surface area contributed by atoms with Gasteiger partial charge < -0.3 is 20.1 Å². The molecule has 1 aliphatic carbocycles. The second kappa shape index (κ2) is 10.5. The fourth-order valence-electron chi connectivity index (χ4n) is 5.13. The van der Waals surface area contributed by atoms with Gasteiger partial charge in [-0.2, -0.15) is 0 Å². The molecular formula is C29H28ClN5O3. The highest BCUT2D eigenvalue weighted by molar-refractivity contribution is 6.30. The largest absolute Gasteiger partial charge is 0.484 e. The van der Waals surface area contributed by atoms with Gasteiger partial charge in [0, 0.05) is 39.8 Å². The minimum Gasteiger partial charge on any atom is -0.484 e. The van der Waals surface area contributed by atoms with E-state index in [1.165, 1.54) is 0 Å². The van der Waals surface area contributed by atoms with E-state index in [-0.39, 0.29) is 18.0 Å². The lowest BCUT2D eigenvalue weighted by Gasteiger charge is -2.29. The fourth-order valence-corrected chi connectivity index (χ4v) is 5.25. The summed E-state index contributed by atoms with van der Waals surface area (Å²) in [4.78, 5) is 26.4. The Hall–Kier alpha value is -3.91. The summed E-state index contributed by atoms with van der Waals surface area (Å²) in [5, 5.41) is 8.28. The molecule has 1 fully saturated rings. The first-order valence-corrected chi connectivity index (χ1v) is 13.3. The number of carbonyl (C=O) groups is 1. The van der Waals surface area contributed by atoms with Crippen LogP contribution in [0.15, 0.2) is 54.7 Å². The summed E-state index contributed by atoms with van der Waals surface area (Å²) >= 11 is 5.93. The number of hydrogen-bond acceptors (Lipinski definition) is 7. The number of nitrogens with zero attached hydrogens (tertiary/aromatic N) is 3. The molecule has 194 valence electrons. The number of rotatable bonds is 5. The molecule has 1 aliphatic heterocycles. The zero-order valence-electron chi connectivity index (χ0n) is 21.0. The number of benzene rings is 2. The Morgan fingerprint density at radius 3 is 2.53 bits per heavy atom. The number of ether oxygens (including phenoxy) is 2. The summed E-state index contributed by atoms with van der Waals surface area (Å²) < 4.78 is 11.5. The highest BCUT2D eigenvalue weighted by Gasteiger charge is 2.24. The number of nitrogens with one attached hydrogen (secondary N) is 2. The Labute approximate surface area is 225 Å². The maximum atomic E-state index is 12.5. The third kappa shape index (κ3) is 5.09. The highest BCUT2D eigenvalue weighted by Crippen LogP contribution is 2.39. The molecular weight excluding hydrogens is 502 g/mol. The molecule has 1 amide bonds. The third-order valence-electron chi connectivity index (χ3n) is 7.14. The SMILES string of the molecule is Cc1nc(NC2CCC(NC(=O)c3ccc(Cl)cc3)CC2)nc2ccc(-c3ccnc4c3OCCO4)cc12. The van der Waals surface area contributed by atoms with Gasteiger partial charge in [0.15, 0.2) is 5.75 Å². The number of carbonyl (C=O) groups excluding carboxylic acids is 1. The Morgan fingerprint density at radius 2 is 1.71 bits per heavy atom. The van der Waals surface area contributed by atoms with Crippen LogP contribution >= 0.6 is 11.6 Å². The summed E-state index contributed by atoms with van der Waals surface area (Å²) in [7, 11) is 0. The highest BCUT2D eigenvalue weighted by atomic mass is 35.5. The molecule has 3 heterocycles. The molecule has 1 saturated carbocycles. The first kappa shape index (κ1) is 24.4. The van der Waals surface area contributed by atoms with E-state index >= 15 is 0 Å². The summed E-state index contributed by atoms with van der Waals surface area (Å²) in [5.41, 5.74) is 4.37. The third-order valence-corrected chi connectivity index (χ3v) is 7.39. The van der Waals surface area contributed by atoms with Crippen LogP contribution in [0, 0.1) is 6.92 Å². The summed E-state index contributed by atoms with van der Waals surface area (Å²) in [6.07, 6.45) is 5.39. The summed E-state index contributed by atoms with van der Waals surface area (Å²) in [6.45, 7) is 3.01. The van der Waals surface area contributed by atoms with Crippen molar-refractivity contribution in [2.45, 2.75) is 44.7 Å². The molecule has 0 spiro atoms. The number of amides is 1. The molecule has 2 N–H and O–H groups in total. The lowest BCUT2D eigenvalue weighted by molar-refractivity contribution is 0.0926. The van der Waals surface area contributed by atoms with Crippen molar-refractivity contribution < 1.29 is 14.3 Å². The van der Waals surface area contributed by atoms with Crippen LogP contribution in [0.4, 0.5) is 5.95 Å². The van der Waals surface area contributed by atoms with Gasteiger partial charge in [-0.15, -0.1) is 0 Å². The predicted molar refractivity (Wildman–Crippen MR) is 147 cm³/mol. The van der Waals surface area contributed by atoms with Gasteiger partial charge in [-0.3, -0.25) is 4.79 Å². The smallest absolute Gasteiger partial charge is 0.257 e. The Balaban J connectivity index is 1.12. The van der Waals surface area contributed by atoms with E-state index < -0.39 is 0 Å². The average Bonchev–Trinajstić information content (AvgIpc) is 2.94. The van der Waals surface area contributed by atoms with E-state index in [2.05, 4.69) is 21.7 Å². The Bertz CT molecular complexity index is 1490. The van der Waals surface area contributed by atoms with Gasteiger partial charge >= 0.3 is 0 Å². The van der Waals surface area contributed by atoms with Crippen molar-refractivity contribution in [3.8, 4) is 22.8 Å². The van der Waals surface area contributed by atoms with E-state index in [9.17, 15) is 4.79 Å². The van der Waals surface area contributed by atoms with Crippen molar-refractivity contribution in [3.63, 3.8) is 0 Å². The molecule has 0 saturated heterocycles. The fraction of sp³-hybridized carbons (Fsp3) is 0.310. The van der Waals surface area contributed by atoms with Gasteiger partial charge in [0.25, 0.3) is 11.8 Å².